The van der Waals surface area contributed by atoms with Crippen LogP contribution in [0.15, 0.2) is 71.6 Å². The van der Waals surface area contributed by atoms with E-state index in [1.807, 2.05) is 30.3 Å². The van der Waals surface area contributed by atoms with Gasteiger partial charge in [0, 0.05) is 26.2 Å². The fraction of sp³-hybridized carbons (Fsp3) is 0.227. The number of fused-ring (bicyclic) bond motifs is 1. The summed E-state index contributed by atoms with van der Waals surface area (Å²) < 4.78 is 33.0. The van der Waals surface area contributed by atoms with Gasteiger partial charge in [0.05, 0.1) is 9.92 Å². The van der Waals surface area contributed by atoms with Crippen LogP contribution in [0.2, 0.25) is 5.02 Å². The number of benzene rings is 3. The third-order valence-corrected chi connectivity index (χ3v) is 7.34. The number of halogens is 1. The van der Waals surface area contributed by atoms with E-state index in [9.17, 15) is 13.2 Å². The van der Waals surface area contributed by atoms with Crippen LogP contribution in [0.3, 0.4) is 0 Å². The molecular formula is C22H21ClN2O4S. The van der Waals surface area contributed by atoms with Gasteiger partial charge in [0.1, 0.15) is 5.75 Å². The average Bonchev–Trinajstić information content (AvgIpc) is 2.78. The average molecular weight is 445 g/mol. The largest absolute Gasteiger partial charge is 0.482 e. The highest BCUT2D eigenvalue weighted by Gasteiger charge is 2.30. The molecule has 8 heteroatoms. The van der Waals surface area contributed by atoms with Crippen molar-refractivity contribution in [3.05, 3.63) is 71.8 Å². The third kappa shape index (κ3) is 4.28. The van der Waals surface area contributed by atoms with Crippen molar-refractivity contribution in [2.24, 2.45) is 0 Å². The maximum absolute atomic E-state index is 13.0. The molecular weight excluding hydrogens is 424 g/mol. The SMILES string of the molecule is O=C(COc1ccccc1Cl)N1CCN(S(=O)(=O)c2ccc3ccccc3c2)CC1. The molecule has 3 aromatic rings. The molecule has 6 nitrogen and oxygen atoms in total. The Hall–Kier alpha value is -2.61. The van der Waals surface area contributed by atoms with Gasteiger partial charge in [-0.05, 0) is 35.0 Å². The fourth-order valence-electron chi connectivity index (χ4n) is 3.45. The predicted octanol–water partition coefficient (Wildman–Crippen LogP) is 3.41. The zero-order chi connectivity index (χ0) is 21.1. The van der Waals surface area contributed by atoms with Crippen molar-refractivity contribution in [1.82, 2.24) is 9.21 Å². The minimum Gasteiger partial charge on any atom is -0.482 e. The van der Waals surface area contributed by atoms with Crippen LogP contribution in [0.25, 0.3) is 10.8 Å². The molecule has 1 aliphatic heterocycles. The number of amides is 1. The molecule has 156 valence electrons. The summed E-state index contributed by atoms with van der Waals surface area (Å²) in [6.07, 6.45) is 0. The maximum atomic E-state index is 13.0. The second-order valence-corrected chi connectivity index (χ2v) is 9.36. The van der Waals surface area contributed by atoms with Crippen molar-refractivity contribution in [2.45, 2.75) is 4.90 Å². The zero-order valence-electron chi connectivity index (χ0n) is 16.2. The molecule has 3 aromatic carbocycles. The first-order chi connectivity index (χ1) is 14.4. The monoisotopic (exact) mass is 444 g/mol. The van der Waals surface area contributed by atoms with Gasteiger partial charge in [-0.1, -0.05) is 54.1 Å². The van der Waals surface area contributed by atoms with Crippen LogP contribution in [0.1, 0.15) is 0 Å². The molecule has 0 aliphatic carbocycles. The molecule has 1 aliphatic rings. The van der Waals surface area contributed by atoms with Gasteiger partial charge in [0.25, 0.3) is 5.91 Å². The lowest BCUT2D eigenvalue weighted by atomic mass is 10.1. The number of piperazine rings is 1. The van der Waals surface area contributed by atoms with Crippen molar-refractivity contribution in [3.8, 4) is 5.75 Å². The van der Waals surface area contributed by atoms with Crippen molar-refractivity contribution in [3.63, 3.8) is 0 Å². The Bertz CT molecular complexity index is 1170. The Balaban J connectivity index is 1.38. The van der Waals surface area contributed by atoms with Gasteiger partial charge in [-0.2, -0.15) is 4.31 Å². The summed E-state index contributed by atoms with van der Waals surface area (Å²) in [5.41, 5.74) is 0. The number of para-hydroxylation sites is 1. The molecule has 0 saturated carbocycles. The van der Waals surface area contributed by atoms with Gasteiger partial charge in [0.15, 0.2) is 6.61 Å². The Morgan fingerprint density at radius 2 is 1.57 bits per heavy atom. The van der Waals surface area contributed by atoms with Crippen LogP contribution < -0.4 is 4.74 Å². The van der Waals surface area contributed by atoms with Gasteiger partial charge in [-0.25, -0.2) is 8.42 Å². The first kappa shape index (κ1) is 20.7. The molecule has 0 radical (unpaired) electrons. The number of ether oxygens (including phenoxy) is 1. The van der Waals surface area contributed by atoms with Crippen molar-refractivity contribution >= 4 is 38.3 Å². The highest BCUT2D eigenvalue weighted by Crippen LogP contribution is 2.24. The van der Waals surface area contributed by atoms with E-state index in [4.69, 9.17) is 16.3 Å². The van der Waals surface area contributed by atoms with Gasteiger partial charge in [0.2, 0.25) is 10.0 Å². The molecule has 0 atom stereocenters. The molecule has 1 fully saturated rings. The smallest absolute Gasteiger partial charge is 0.260 e. The molecule has 30 heavy (non-hydrogen) atoms. The number of sulfonamides is 1. The van der Waals surface area contributed by atoms with Gasteiger partial charge in [-0.3, -0.25) is 4.79 Å². The van der Waals surface area contributed by atoms with Crippen LogP contribution in [-0.4, -0.2) is 56.3 Å². The number of hydrogen-bond donors (Lipinski definition) is 0. The molecule has 0 bridgehead atoms. The van der Waals surface area contributed by atoms with Crippen molar-refractivity contribution < 1.29 is 17.9 Å². The highest BCUT2D eigenvalue weighted by molar-refractivity contribution is 7.89. The second-order valence-electron chi connectivity index (χ2n) is 7.01. The van der Waals surface area contributed by atoms with E-state index in [1.54, 1.807) is 41.3 Å². The Kier molecular flexibility index (Phi) is 5.94. The lowest BCUT2D eigenvalue weighted by Gasteiger charge is -2.34. The molecule has 1 saturated heterocycles. The third-order valence-electron chi connectivity index (χ3n) is 5.14. The van der Waals surface area contributed by atoms with Gasteiger partial charge < -0.3 is 9.64 Å². The zero-order valence-corrected chi connectivity index (χ0v) is 17.8. The first-order valence-corrected chi connectivity index (χ1v) is 11.4. The standard InChI is InChI=1S/C22H21ClN2O4S/c23-20-7-3-4-8-21(20)29-16-22(26)24-11-13-25(14-12-24)30(27,28)19-10-9-17-5-1-2-6-18(17)15-19/h1-10,15H,11-14,16H2. The van der Waals surface area contributed by atoms with Gasteiger partial charge in [-0.15, -0.1) is 0 Å². The number of carbonyl (C=O) groups excluding carboxylic acids is 1. The van der Waals surface area contributed by atoms with E-state index in [0.29, 0.717) is 23.9 Å². The lowest BCUT2D eigenvalue weighted by molar-refractivity contribution is -0.134. The van der Waals surface area contributed by atoms with E-state index >= 15 is 0 Å². The number of carbonyl (C=O) groups is 1. The predicted molar refractivity (Wildman–Crippen MR) is 116 cm³/mol. The van der Waals surface area contributed by atoms with Crippen LogP contribution in [0.4, 0.5) is 0 Å². The quantitative estimate of drug-likeness (QED) is 0.605. The molecule has 0 N–H and O–H groups in total. The summed E-state index contributed by atoms with van der Waals surface area (Å²) in [4.78, 5) is 14.3. The van der Waals surface area contributed by atoms with E-state index < -0.39 is 10.0 Å². The number of hydrogen-bond acceptors (Lipinski definition) is 4. The molecule has 0 aromatic heterocycles. The van der Waals surface area contributed by atoms with Crippen molar-refractivity contribution in [2.75, 3.05) is 32.8 Å². The van der Waals surface area contributed by atoms with E-state index in [1.165, 1.54) is 4.31 Å². The summed E-state index contributed by atoms with van der Waals surface area (Å²) in [7, 11) is -3.62. The first-order valence-electron chi connectivity index (χ1n) is 9.59. The summed E-state index contributed by atoms with van der Waals surface area (Å²) in [6, 6.07) is 19.7. The fourth-order valence-corrected chi connectivity index (χ4v) is 5.10. The molecule has 0 unspecified atom stereocenters. The summed E-state index contributed by atoms with van der Waals surface area (Å²) in [5, 5.41) is 2.31. The van der Waals surface area contributed by atoms with E-state index in [2.05, 4.69) is 0 Å². The van der Waals surface area contributed by atoms with Crippen molar-refractivity contribution in [1.29, 1.82) is 0 Å². The van der Waals surface area contributed by atoms with Crippen LogP contribution in [0.5, 0.6) is 5.75 Å². The van der Waals surface area contributed by atoms with Gasteiger partial charge >= 0.3 is 0 Å². The van der Waals surface area contributed by atoms with Crippen LogP contribution >= 0.6 is 11.6 Å². The number of nitrogens with zero attached hydrogens (tertiary/aromatic N) is 2. The Morgan fingerprint density at radius 3 is 2.30 bits per heavy atom. The minimum absolute atomic E-state index is 0.138. The lowest BCUT2D eigenvalue weighted by Crippen LogP contribution is -2.51. The van der Waals surface area contributed by atoms with E-state index in [0.717, 1.165) is 10.8 Å². The number of rotatable bonds is 5. The molecule has 0 spiro atoms. The summed E-state index contributed by atoms with van der Waals surface area (Å²) in [5.74, 6) is 0.253. The summed E-state index contributed by atoms with van der Waals surface area (Å²) >= 11 is 6.03. The Labute approximate surface area is 180 Å². The van der Waals surface area contributed by atoms with Crippen LogP contribution in [-0.2, 0) is 14.8 Å². The maximum Gasteiger partial charge on any atom is 0.260 e. The topological polar surface area (TPSA) is 66.9 Å². The second kappa shape index (κ2) is 8.63. The normalized spacial score (nSPS) is 15.3. The van der Waals surface area contributed by atoms with E-state index in [-0.39, 0.29) is 30.5 Å². The van der Waals surface area contributed by atoms with Crippen LogP contribution in [0, 0.1) is 0 Å². The molecule has 1 heterocycles. The molecule has 1 amide bonds. The molecule has 4 rings (SSSR count). The minimum atomic E-state index is -3.62. The summed E-state index contributed by atoms with van der Waals surface area (Å²) in [6.45, 7) is 0.982. The highest BCUT2D eigenvalue weighted by atomic mass is 35.5. The Morgan fingerprint density at radius 1 is 0.900 bits per heavy atom.